The lowest BCUT2D eigenvalue weighted by Gasteiger charge is -2.13. The molecule has 1 aliphatic heterocycles. The largest absolute Gasteiger partial charge is 0.489 e. The minimum atomic E-state index is -0.275. The molecule has 0 spiro atoms. The van der Waals surface area contributed by atoms with Crippen LogP contribution in [0.5, 0.6) is 5.75 Å². The van der Waals surface area contributed by atoms with Crippen molar-refractivity contribution >= 4 is 34.1 Å². The Morgan fingerprint density at radius 2 is 2.15 bits per heavy atom. The van der Waals surface area contributed by atoms with Crippen LogP contribution >= 0.6 is 11.6 Å². The van der Waals surface area contributed by atoms with Crippen LogP contribution in [0.2, 0.25) is 5.02 Å². The van der Waals surface area contributed by atoms with Gasteiger partial charge in [-0.2, -0.15) is 0 Å². The molecule has 26 heavy (non-hydrogen) atoms. The fraction of sp³-hybridized carbons (Fsp3) is 0.200. The lowest BCUT2D eigenvalue weighted by Crippen LogP contribution is -2.40. The van der Waals surface area contributed by atoms with Crippen LogP contribution < -0.4 is 15.4 Å². The van der Waals surface area contributed by atoms with Crippen molar-refractivity contribution in [3.63, 3.8) is 0 Å². The molecule has 1 atom stereocenters. The van der Waals surface area contributed by atoms with E-state index in [4.69, 9.17) is 16.3 Å². The number of anilines is 1. The minimum absolute atomic E-state index is 0.0445. The smallest absolute Gasteiger partial charge is 0.242 e. The topological polar surface area (TPSA) is 63.2 Å². The highest BCUT2D eigenvalue weighted by Crippen LogP contribution is 2.28. The zero-order valence-electron chi connectivity index (χ0n) is 14.0. The number of pyridine rings is 1. The predicted molar refractivity (Wildman–Crippen MR) is 103 cm³/mol. The lowest BCUT2D eigenvalue weighted by molar-refractivity contribution is -0.121. The fourth-order valence-electron chi connectivity index (χ4n) is 3.14. The second kappa shape index (κ2) is 7.22. The maximum Gasteiger partial charge on any atom is 0.242 e. The molecule has 0 fully saturated rings. The minimum Gasteiger partial charge on any atom is -0.489 e. The maximum atomic E-state index is 12.3. The molecule has 0 bridgehead atoms. The number of rotatable bonds is 5. The molecule has 2 N–H and O–H groups in total. The molecule has 1 amide bonds. The Labute approximate surface area is 156 Å². The van der Waals surface area contributed by atoms with E-state index in [0.29, 0.717) is 24.6 Å². The summed E-state index contributed by atoms with van der Waals surface area (Å²) in [7, 11) is 0. The van der Waals surface area contributed by atoms with Crippen molar-refractivity contribution in [3.05, 3.63) is 65.3 Å². The van der Waals surface area contributed by atoms with Crippen molar-refractivity contribution in [2.24, 2.45) is 0 Å². The van der Waals surface area contributed by atoms with Crippen LogP contribution in [0.4, 0.5) is 5.69 Å². The van der Waals surface area contributed by atoms with Gasteiger partial charge in [-0.05, 0) is 35.9 Å². The lowest BCUT2D eigenvalue weighted by atomic mass is 10.1. The molecule has 3 aromatic rings. The van der Waals surface area contributed by atoms with E-state index >= 15 is 0 Å². The number of carbonyl (C=O) groups is 1. The zero-order valence-corrected chi connectivity index (χ0v) is 14.8. The van der Waals surface area contributed by atoms with E-state index < -0.39 is 0 Å². The summed E-state index contributed by atoms with van der Waals surface area (Å²) in [4.78, 5) is 16.7. The van der Waals surface area contributed by atoms with Gasteiger partial charge in [0.15, 0.2) is 0 Å². The van der Waals surface area contributed by atoms with Gasteiger partial charge >= 0.3 is 0 Å². The van der Waals surface area contributed by atoms with Crippen LogP contribution in [-0.4, -0.2) is 30.1 Å². The van der Waals surface area contributed by atoms with Gasteiger partial charge in [-0.25, -0.2) is 0 Å². The number of nitrogens with one attached hydrogen (secondary N) is 2. The molecule has 132 valence electrons. The summed E-state index contributed by atoms with van der Waals surface area (Å²) in [6.07, 6.45) is 2.38. The first-order valence-electron chi connectivity index (χ1n) is 8.50. The standard InChI is InChI=1S/C20H18ClN3O2/c21-15-6-7-16-14(11-15)12-17(24-16)20(25)23-9-10-26-18-5-1-3-13-4-2-8-22-19(13)18/h1-8,11,17,24H,9-10,12H2,(H,23,25). The highest BCUT2D eigenvalue weighted by atomic mass is 35.5. The summed E-state index contributed by atoms with van der Waals surface area (Å²) >= 11 is 6.00. The Hall–Kier alpha value is -2.79. The molecular formula is C20H18ClN3O2. The summed E-state index contributed by atoms with van der Waals surface area (Å²) in [5, 5.41) is 7.85. The predicted octanol–water partition coefficient (Wildman–Crippen LogP) is 3.42. The van der Waals surface area contributed by atoms with E-state index in [1.807, 2.05) is 48.5 Å². The van der Waals surface area contributed by atoms with Gasteiger partial charge in [0.25, 0.3) is 0 Å². The van der Waals surface area contributed by atoms with E-state index in [1.54, 1.807) is 6.20 Å². The molecular weight excluding hydrogens is 350 g/mol. The Balaban J connectivity index is 1.29. The van der Waals surface area contributed by atoms with Gasteiger partial charge in [-0.1, -0.05) is 29.8 Å². The van der Waals surface area contributed by atoms with Crippen LogP contribution in [0.15, 0.2) is 54.7 Å². The first kappa shape index (κ1) is 16.7. The van der Waals surface area contributed by atoms with E-state index in [-0.39, 0.29) is 11.9 Å². The number of hydrogen-bond donors (Lipinski definition) is 2. The third kappa shape index (κ3) is 3.44. The average Bonchev–Trinajstić information content (AvgIpc) is 3.08. The van der Waals surface area contributed by atoms with Crippen LogP contribution in [0, 0.1) is 0 Å². The fourth-order valence-corrected chi connectivity index (χ4v) is 3.33. The van der Waals surface area contributed by atoms with Crippen molar-refractivity contribution in [2.75, 3.05) is 18.5 Å². The van der Waals surface area contributed by atoms with Gasteiger partial charge in [0.2, 0.25) is 5.91 Å². The van der Waals surface area contributed by atoms with Crippen molar-refractivity contribution in [3.8, 4) is 5.75 Å². The van der Waals surface area contributed by atoms with Crippen LogP contribution in [0.3, 0.4) is 0 Å². The molecule has 5 nitrogen and oxygen atoms in total. The quantitative estimate of drug-likeness (QED) is 0.678. The molecule has 0 saturated carbocycles. The SMILES string of the molecule is O=C(NCCOc1cccc2cccnc12)C1Cc2cc(Cl)ccc2N1. The van der Waals surface area contributed by atoms with Crippen LogP contribution in [-0.2, 0) is 11.2 Å². The van der Waals surface area contributed by atoms with Gasteiger partial charge in [-0.15, -0.1) is 0 Å². The number of hydrogen-bond acceptors (Lipinski definition) is 4. The molecule has 1 aliphatic rings. The highest BCUT2D eigenvalue weighted by molar-refractivity contribution is 6.30. The summed E-state index contributed by atoms with van der Waals surface area (Å²) in [6.45, 7) is 0.810. The highest BCUT2D eigenvalue weighted by Gasteiger charge is 2.26. The monoisotopic (exact) mass is 367 g/mol. The molecule has 4 rings (SSSR count). The van der Waals surface area contributed by atoms with Gasteiger partial charge in [0.05, 0.1) is 6.54 Å². The number of para-hydroxylation sites is 1. The van der Waals surface area contributed by atoms with Crippen molar-refractivity contribution in [1.29, 1.82) is 0 Å². The first-order valence-corrected chi connectivity index (χ1v) is 8.88. The number of benzene rings is 2. The number of carbonyl (C=O) groups excluding carboxylic acids is 1. The van der Waals surface area contributed by atoms with Gasteiger partial charge < -0.3 is 15.4 Å². The normalized spacial score (nSPS) is 15.3. The second-order valence-corrected chi connectivity index (χ2v) is 6.61. The van der Waals surface area contributed by atoms with E-state index in [2.05, 4.69) is 15.6 Å². The Morgan fingerprint density at radius 1 is 1.27 bits per heavy atom. The van der Waals surface area contributed by atoms with Crippen molar-refractivity contribution < 1.29 is 9.53 Å². The Morgan fingerprint density at radius 3 is 3.08 bits per heavy atom. The summed E-state index contributed by atoms with van der Waals surface area (Å²) in [5.41, 5.74) is 2.86. The average molecular weight is 368 g/mol. The molecule has 6 heteroatoms. The first-order chi connectivity index (χ1) is 12.7. The Kier molecular flexibility index (Phi) is 4.63. The van der Waals surface area contributed by atoms with E-state index in [9.17, 15) is 4.79 Å². The number of nitrogens with zero attached hydrogens (tertiary/aromatic N) is 1. The number of amides is 1. The summed E-state index contributed by atoms with van der Waals surface area (Å²) in [6, 6.07) is 15.0. The number of fused-ring (bicyclic) bond motifs is 2. The van der Waals surface area contributed by atoms with Crippen LogP contribution in [0.25, 0.3) is 10.9 Å². The van der Waals surface area contributed by atoms with E-state index in [1.165, 1.54) is 0 Å². The molecule has 1 unspecified atom stereocenters. The summed E-state index contributed by atoms with van der Waals surface area (Å²) in [5.74, 6) is 0.676. The molecule has 2 aromatic carbocycles. The third-order valence-corrected chi connectivity index (χ3v) is 4.63. The molecule has 0 radical (unpaired) electrons. The Bertz CT molecular complexity index is 955. The van der Waals surface area contributed by atoms with Crippen molar-refractivity contribution in [2.45, 2.75) is 12.5 Å². The summed E-state index contributed by atoms with van der Waals surface area (Å²) < 4.78 is 5.79. The number of halogens is 1. The molecule has 0 saturated heterocycles. The van der Waals surface area contributed by atoms with Gasteiger partial charge in [0.1, 0.15) is 23.9 Å². The third-order valence-electron chi connectivity index (χ3n) is 4.39. The number of ether oxygens (including phenoxy) is 1. The van der Waals surface area contributed by atoms with Gasteiger partial charge in [-0.3, -0.25) is 9.78 Å². The molecule has 0 aliphatic carbocycles. The maximum absolute atomic E-state index is 12.3. The molecule has 1 aromatic heterocycles. The van der Waals surface area contributed by atoms with E-state index in [0.717, 1.165) is 27.9 Å². The van der Waals surface area contributed by atoms with Crippen molar-refractivity contribution in [1.82, 2.24) is 10.3 Å². The zero-order chi connectivity index (χ0) is 17.9. The van der Waals surface area contributed by atoms with Crippen LogP contribution in [0.1, 0.15) is 5.56 Å². The number of aromatic nitrogens is 1. The molecule has 2 heterocycles. The van der Waals surface area contributed by atoms with Gasteiger partial charge in [0, 0.05) is 28.7 Å². The second-order valence-electron chi connectivity index (χ2n) is 6.17.